The third-order valence-electron chi connectivity index (χ3n) is 9.61. The van der Waals surface area contributed by atoms with Gasteiger partial charge in [-0.05, 0) is 63.0 Å². The molecule has 41 heavy (non-hydrogen) atoms. The van der Waals surface area contributed by atoms with E-state index in [9.17, 15) is 34.4 Å². The van der Waals surface area contributed by atoms with E-state index in [1.807, 2.05) is 19.9 Å². The summed E-state index contributed by atoms with van der Waals surface area (Å²) in [6, 6.07) is 0. The molecule has 0 aromatic carbocycles. The van der Waals surface area contributed by atoms with Crippen molar-refractivity contribution in [1.29, 1.82) is 0 Å². The van der Waals surface area contributed by atoms with Crippen LogP contribution in [0, 0.1) is 38.7 Å². The number of hydrogen-bond donors (Lipinski definition) is 1. The van der Waals surface area contributed by atoms with E-state index in [0.717, 1.165) is 5.57 Å². The monoisotopic (exact) mass is 579 g/mol. The summed E-state index contributed by atoms with van der Waals surface area (Å²) in [5.41, 5.74) is -2.22. The second-order valence-corrected chi connectivity index (χ2v) is 11.6. The Hall–Kier alpha value is -3.48. The van der Waals surface area contributed by atoms with Gasteiger partial charge in [0, 0.05) is 23.2 Å². The van der Waals surface area contributed by atoms with E-state index in [4.69, 9.17) is 18.9 Å². The summed E-state index contributed by atoms with van der Waals surface area (Å²) in [7, 11) is 0. The second kappa shape index (κ2) is 11.8. The molecule has 0 unspecified atom stereocenters. The maximum absolute atomic E-state index is 13.8. The van der Waals surface area contributed by atoms with Gasteiger partial charge in [0.25, 0.3) is 5.09 Å². The summed E-state index contributed by atoms with van der Waals surface area (Å²) in [5, 5.41) is 20.9. The highest BCUT2D eigenvalue weighted by atomic mass is 16.9. The van der Waals surface area contributed by atoms with Gasteiger partial charge in [-0.25, -0.2) is 9.59 Å². The first-order valence-electron chi connectivity index (χ1n) is 14.0. The molecule has 3 saturated carbocycles. The molecule has 13 heteroatoms. The fourth-order valence-corrected chi connectivity index (χ4v) is 7.92. The molecule has 0 amide bonds. The van der Waals surface area contributed by atoms with Crippen molar-refractivity contribution in [2.75, 3.05) is 26.4 Å². The Morgan fingerprint density at radius 1 is 1.12 bits per heavy atom. The number of Topliss-reactive ketones (excluding diaryl/α,β-unsaturated/α-hetero) is 1. The first-order valence-corrected chi connectivity index (χ1v) is 14.0. The number of ether oxygens (including phenoxy) is 4. The van der Waals surface area contributed by atoms with Gasteiger partial charge >= 0.3 is 12.3 Å². The predicted octanol–water partition coefficient (Wildman–Crippen LogP) is 3.50. The molecule has 0 aromatic rings. The quantitative estimate of drug-likeness (QED) is 0.173. The van der Waals surface area contributed by atoms with Crippen LogP contribution in [0.1, 0.15) is 59.3 Å². The molecule has 4 rings (SSSR count). The maximum atomic E-state index is 13.8. The molecular formula is C28H37NO12. The molecule has 0 saturated heterocycles. The molecule has 0 aromatic heterocycles. The van der Waals surface area contributed by atoms with Crippen molar-refractivity contribution in [3.63, 3.8) is 0 Å². The van der Waals surface area contributed by atoms with E-state index in [0.29, 0.717) is 19.3 Å². The van der Waals surface area contributed by atoms with Gasteiger partial charge in [-0.2, -0.15) is 0 Å². The van der Waals surface area contributed by atoms with Crippen molar-refractivity contribution in [1.82, 2.24) is 0 Å². The highest BCUT2D eigenvalue weighted by Gasteiger charge is 2.70. The Bertz CT molecular complexity index is 1150. The van der Waals surface area contributed by atoms with E-state index >= 15 is 0 Å². The number of nitrogens with zero attached hydrogens (tertiary/aromatic N) is 1. The average Bonchev–Trinajstić information content (AvgIpc) is 3.19. The molecule has 226 valence electrons. The lowest BCUT2D eigenvalue weighted by molar-refractivity contribution is -0.757. The summed E-state index contributed by atoms with van der Waals surface area (Å²) in [6.07, 6.45) is 4.31. The molecule has 13 nitrogen and oxygen atoms in total. The van der Waals surface area contributed by atoms with Gasteiger partial charge in [-0.1, -0.05) is 25.5 Å². The van der Waals surface area contributed by atoms with Crippen LogP contribution in [0.25, 0.3) is 0 Å². The number of fused-ring (bicyclic) bond motifs is 5. The number of carbonyl (C=O) groups is 4. The number of carbonyl (C=O) groups excluding carboxylic acids is 4. The van der Waals surface area contributed by atoms with Crippen LogP contribution in [-0.2, 0) is 33.4 Å². The van der Waals surface area contributed by atoms with Gasteiger partial charge < -0.3 is 28.9 Å². The van der Waals surface area contributed by atoms with Crippen LogP contribution in [0.3, 0.4) is 0 Å². The zero-order valence-electron chi connectivity index (χ0n) is 23.5. The lowest BCUT2D eigenvalue weighted by Gasteiger charge is -2.59. The summed E-state index contributed by atoms with van der Waals surface area (Å²) in [5.74, 6) is -1.03. The molecule has 0 heterocycles. The van der Waals surface area contributed by atoms with Crippen LogP contribution >= 0.6 is 0 Å². The van der Waals surface area contributed by atoms with Crippen LogP contribution in [0.4, 0.5) is 9.59 Å². The normalized spacial score (nSPS) is 35.2. The van der Waals surface area contributed by atoms with Crippen LogP contribution in [-0.4, -0.2) is 72.2 Å². The molecule has 0 aliphatic heterocycles. The molecule has 7 atom stereocenters. The first-order chi connectivity index (χ1) is 19.4. The van der Waals surface area contributed by atoms with Crippen molar-refractivity contribution >= 4 is 23.9 Å². The Morgan fingerprint density at radius 2 is 1.88 bits per heavy atom. The molecule has 4 aliphatic rings. The van der Waals surface area contributed by atoms with E-state index < -0.39 is 52.3 Å². The van der Waals surface area contributed by atoms with Gasteiger partial charge in [0.1, 0.15) is 0 Å². The van der Waals surface area contributed by atoms with Crippen molar-refractivity contribution in [2.45, 2.75) is 71.0 Å². The number of aliphatic hydroxyl groups is 1. The van der Waals surface area contributed by atoms with E-state index in [1.54, 1.807) is 19.1 Å². The average molecular weight is 580 g/mol. The highest BCUT2D eigenvalue weighted by molar-refractivity contribution is 6.01. The minimum absolute atomic E-state index is 0.0171. The van der Waals surface area contributed by atoms with Crippen LogP contribution in [0.2, 0.25) is 0 Å². The third kappa shape index (κ3) is 5.55. The summed E-state index contributed by atoms with van der Waals surface area (Å²) in [6.45, 7) is 4.26. The zero-order chi connectivity index (χ0) is 30.0. The Morgan fingerprint density at radius 3 is 2.59 bits per heavy atom. The lowest BCUT2D eigenvalue weighted by Crippen LogP contribution is -2.63. The number of hydrogen-bond acceptors (Lipinski definition) is 12. The van der Waals surface area contributed by atoms with E-state index in [-0.39, 0.29) is 62.6 Å². The first kappa shape index (κ1) is 30.5. The van der Waals surface area contributed by atoms with Gasteiger partial charge in [0.15, 0.2) is 18.0 Å². The molecular weight excluding hydrogens is 542 g/mol. The van der Waals surface area contributed by atoms with Gasteiger partial charge in [-0.15, -0.1) is 10.1 Å². The number of allylic oxidation sites excluding steroid dienone is 4. The van der Waals surface area contributed by atoms with Gasteiger partial charge in [0.05, 0.1) is 25.9 Å². The lowest BCUT2D eigenvalue weighted by atomic mass is 9.46. The van der Waals surface area contributed by atoms with Crippen molar-refractivity contribution < 1.29 is 53.2 Å². The van der Waals surface area contributed by atoms with Gasteiger partial charge in [-0.3, -0.25) is 9.59 Å². The highest BCUT2D eigenvalue weighted by Crippen LogP contribution is 2.68. The Kier molecular flexibility index (Phi) is 8.76. The smallest absolute Gasteiger partial charge is 0.435 e. The SMILES string of the molecule is CCOC(=O)O[C@]1(C(=O)COC(=O)OCCCO[N+](=O)[O-])CC[C@H]2[C@@H]3CCC4=CC(=O)C=C[C@]4(C)[C@H]3[C@@H](O)C[C@@]21C. The van der Waals surface area contributed by atoms with Crippen LogP contribution in [0.5, 0.6) is 0 Å². The van der Waals surface area contributed by atoms with E-state index in [1.165, 1.54) is 0 Å². The fourth-order valence-electron chi connectivity index (χ4n) is 7.92. The standard InChI is InChI=1S/C28H37NO12/c1-4-37-25(34)41-28(22(32)16-39-24(33)38-12-5-13-40-29(35)36)11-9-20-19-7-6-17-14-18(30)8-10-26(17,2)23(19)21(31)15-27(20,28)3/h8,10,14,19-21,23,31H,4-7,9,11-13,15-16H2,1-3H3/t19-,20-,21-,23+,26-,27-,28-/m0/s1. The van der Waals surface area contributed by atoms with Crippen molar-refractivity contribution in [2.24, 2.45) is 28.6 Å². The number of aliphatic hydroxyl groups excluding tert-OH is 1. The third-order valence-corrected chi connectivity index (χ3v) is 9.61. The molecule has 0 radical (unpaired) electrons. The Balaban J connectivity index is 1.54. The molecule has 1 N–H and O–H groups in total. The molecule has 0 bridgehead atoms. The molecule has 0 spiro atoms. The maximum Gasteiger partial charge on any atom is 0.509 e. The van der Waals surface area contributed by atoms with E-state index in [2.05, 4.69) is 4.84 Å². The van der Waals surface area contributed by atoms with Crippen LogP contribution < -0.4 is 0 Å². The fraction of sp³-hybridized carbons (Fsp3) is 0.714. The number of ketones is 2. The Labute approximate surface area is 237 Å². The van der Waals surface area contributed by atoms with Crippen molar-refractivity contribution in [3.05, 3.63) is 33.9 Å². The number of rotatable bonds is 10. The minimum Gasteiger partial charge on any atom is -0.435 e. The van der Waals surface area contributed by atoms with Crippen molar-refractivity contribution in [3.8, 4) is 0 Å². The van der Waals surface area contributed by atoms with Crippen LogP contribution in [0.15, 0.2) is 23.8 Å². The second-order valence-electron chi connectivity index (χ2n) is 11.6. The summed E-state index contributed by atoms with van der Waals surface area (Å²) < 4.78 is 20.7. The summed E-state index contributed by atoms with van der Waals surface area (Å²) >= 11 is 0. The minimum atomic E-state index is -1.72. The zero-order valence-corrected chi connectivity index (χ0v) is 23.5. The predicted molar refractivity (Wildman–Crippen MR) is 139 cm³/mol. The molecule has 4 aliphatic carbocycles. The topological polar surface area (TPSA) is 178 Å². The molecule has 3 fully saturated rings. The van der Waals surface area contributed by atoms with Gasteiger partial charge in [0.2, 0.25) is 5.78 Å². The largest absolute Gasteiger partial charge is 0.509 e. The summed E-state index contributed by atoms with van der Waals surface area (Å²) in [4.78, 5) is 65.0.